The van der Waals surface area contributed by atoms with Gasteiger partial charge in [0.1, 0.15) is 0 Å². The maximum absolute atomic E-state index is 13.3. The smallest absolute Gasteiger partial charge is 0.262 e. The first-order chi connectivity index (χ1) is 15.6. The minimum absolute atomic E-state index is 0.181. The van der Waals surface area contributed by atoms with Crippen LogP contribution in [-0.2, 0) is 12.8 Å². The number of fused-ring (bicyclic) bond motifs is 1. The van der Waals surface area contributed by atoms with Crippen molar-refractivity contribution in [2.24, 2.45) is 0 Å². The van der Waals surface area contributed by atoms with E-state index in [1.54, 1.807) is 14.2 Å². The van der Waals surface area contributed by atoms with E-state index in [2.05, 4.69) is 12.2 Å². The molecule has 1 aliphatic carbocycles. The van der Waals surface area contributed by atoms with E-state index in [0.29, 0.717) is 29.2 Å². The van der Waals surface area contributed by atoms with E-state index in [1.165, 1.54) is 11.3 Å². The van der Waals surface area contributed by atoms with Gasteiger partial charge in [-0.3, -0.25) is 14.9 Å². The number of hydrogen-bond acceptors (Lipinski definition) is 6. The summed E-state index contributed by atoms with van der Waals surface area (Å²) in [6.07, 6.45) is 3.88. The molecule has 0 fully saturated rings. The van der Waals surface area contributed by atoms with Crippen molar-refractivity contribution in [2.45, 2.75) is 77.3 Å². The van der Waals surface area contributed by atoms with Gasteiger partial charge in [-0.15, -0.1) is 11.3 Å². The van der Waals surface area contributed by atoms with Crippen LogP contribution in [0, 0.1) is 10.1 Å². The van der Waals surface area contributed by atoms with Gasteiger partial charge in [-0.05, 0) is 74.9 Å². The fraction of sp³-hybridized carbons (Fsp3) is 0.560. The van der Waals surface area contributed by atoms with E-state index in [-0.39, 0.29) is 10.8 Å². The van der Waals surface area contributed by atoms with Crippen LogP contribution in [0.15, 0.2) is 18.2 Å². The van der Waals surface area contributed by atoms with Crippen molar-refractivity contribution in [3.8, 4) is 11.5 Å². The molecule has 1 N–H and O–H groups in total. The second-order valence-corrected chi connectivity index (χ2v) is 10.7. The molecule has 1 heterocycles. The van der Waals surface area contributed by atoms with E-state index in [4.69, 9.17) is 9.47 Å². The van der Waals surface area contributed by atoms with Gasteiger partial charge < -0.3 is 14.8 Å². The lowest BCUT2D eigenvalue weighted by molar-refractivity contribution is -0.526. The Hall–Kier alpha value is -2.61. The molecule has 33 heavy (non-hydrogen) atoms. The van der Waals surface area contributed by atoms with Crippen molar-refractivity contribution >= 4 is 17.2 Å². The zero-order valence-electron chi connectivity index (χ0n) is 20.3. The first kappa shape index (κ1) is 25.0. The van der Waals surface area contributed by atoms with E-state index < -0.39 is 17.5 Å². The third-order valence-corrected chi connectivity index (χ3v) is 7.17. The Balaban J connectivity index is 2.20. The highest BCUT2D eigenvalue weighted by molar-refractivity contribution is 7.14. The molecule has 1 aliphatic rings. The number of thiophene rings is 1. The number of unbranched alkanes of at least 4 members (excludes halogenated alkanes) is 1. The summed E-state index contributed by atoms with van der Waals surface area (Å²) in [7, 11) is 3.14. The second-order valence-electron chi connectivity index (χ2n) is 9.58. The number of hydrogen-bond donors (Lipinski definition) is 1. The van der Waals surface area contributed by atoms with Crippen molar-refractivity contribution in [1.82, 2.24) is 5.32 Å². The number of aryl methyl sites for hydroxylation is 2. The van der Waals surface area contributed by atoms with Crippen molar-refractivity contribution < 1.29 is 19.2 Å². The van der Waals surface area contributed by atoms with Gasteiger partial charge in [-0.25, -0.2) is 0 Å². The summed E-state index contributed by atoms with van der Waals surface area (Å²) >= 11 is 1.46. The number of carbonyl (C=O) groups is 1. The number of nitrogens with one attached hydrogen (secondary N) is 1. The molecule has 0 saturated carbocycles. The number of nitro groups is 1. The fourth-order valence-corrected chi connectivity index (χ4v) is 5.60. The summed E-state index contributed by atoms with van der Waals surface area (Å²) in [6.45, 7) is 7.93. The molecule has 180 valence electrons. The lowest BCUT2D eigenvalue weighted by atomic mass is 9.75. The summed E-state index contributed by atoms with van der Waals surface area (Å²) in [5, 5.41) is 15.2. The Kier molecular flexibility index (Phi) is 7.67. The molecule has 1 aromatic heterocycles. The molecule has 0 radical (unpaired) electrons. The van der Waals surface area contributed by atoms with Gasteiger partial charge >= 0.3 is 0 Å². The first-order valence-electron chi connectivity index (χ1n) is 11.4. The number of benzene rings is 1. The van der Waals surface area contributed by atoms with Crippen molar-refractivity contribution in [2.75, 3.05) is 14.2 Å². The van der Waals surface area contributed by atoms with Gasteiger partial charge in [0.25, 0.3) is 5.91 Å². The number of rotatable bonds is 8. The summed E-state index contributed by atoms with van der Waals surface area (Å²) in [4.78, 5) is 26.9. The molecule has 0 aliphatic heterocycles. The topological polar surface area (TPSA) is 90.7 Å². The maximum Gasteiger partial charge on any atom is 0.262 e. The predicted molar refractivity (Wildman–Crippen MR) is 131 cm³/mol. The number of methoxy groups -OCH3 is 2. The SMILES string of the molecule is CCCCc1cc([C@H]2c3cc(OC)c(OC)cc3CC[C@@H]2[N+](=O)[O-])c(C(=O)NC(C)(C)C)s1. The lowest BCUT2D eigenvalue weighted by Crippen LogP contribution is -2.41. The first-order valence-corrected chi connectivity index (χ1v) is 12.2. The standard InChI is InChI=1S/C25H34N2O5S/c1-7-8-9-16-13-18(23(33-16)24(28)26-25(2,3)4)22-17-14-21(32-6)20(31-5)12-15(17)10-11-19(22)27(29)30/h12-14,19,22H,7-11H2,1-6H3,(H,26,28)/t19-,22+/m0/s1. The highest BCUT2D eigenvalue weighted by Crippen LogP contribution is 2.45. The molecule has 3 rings (SSSR count). The van der Waals surface area contributed by atoms with Gasteiger partial charge in [-0.2, -0.15) is 0 Å². The predicted octanol–water partition coefficient (Wildman–Crippen LogP) is 5.36. The number of nitrogens with zero attached hydrogens (tertiary/aromatic N) is 1. The van der Waals surface area contributed by atoms with Crippen molar-refractivity contribution in [3.63, 3.8) is 0 Å². The highest BCUT2D eigenvalue weighted by atomic mass is 32.1. The maximum atomic E-state index is 13.3. The average molecular weight is 475 g/mol. The van der Waals surface area contributed by atoms with Crippen molar-refractivity contribution in [1.29, 1.82) is 0 Å². The summed E-state index contributed by atoms with van der Waals surface area (Å²) in [6, 6.07) is 4.97. The van der Waals surface area contributed by atoms with E-state index >= 15 is 0 Å². The zero-order valence-corrected chi connectivity index (χ0v) is 21.1. The van der Waals surface area contributed by atoms with Crippen LogP contribution in [0.2, 0.25) is 0 Å². The molecule has 1 aromatic carbocycles. The highest BCUT2D eigenvalue weighted by Gasteiger charge is 2.42. The minimum atomic E-state index is -0.814. The van der Waals surface area contributed by atoms with Gasteiger partial charge in [-0.1, -0.05) is 13.3 Å². The molecule has 7 nitrogen and oxygen atoms in total. The summed E-state index contributed by atoms with van der Waals surface area (Å²) in [5.41, 5.74) is 2.16. The molecule has 0 saturated heterocycles. The zero-order chi connectivity index (χ0) is 24.3. The van der Waals surface area contributed by atoms with Crippen LogP contribution in [0.4, 0.5) is 0 Å². The Labute approximate surface area is 199 Å². The lowest BCUT2D eigenvalue weighted by Gasteiger charge is -2.30. The third kappa shape index (κ3) is 5.49. The van der Waals surface area contributed by atoms with Gasteiger partial charge in [0.05, 0.1) is 25.0 Å². The fourth-order valence-electron chi connectivity index (χ4n) is 4.46. The molecule has 8 heteroatoms. The van der Waals surface area contributed by atoms with Crippen LogP contribution in [0.5, 0.6) is 11.5 Å². The Morgan fingerprint density at radius 3 is 2.42 bits per heavy atom. The molecule has 0 spiro atoms. The third-order valence-electron chi connectivity index (χ3n) is 5.96. The Bertz CT molecular complexity index is 1020. The second kappa shape index (κ2) is 10.1. The van der Waals surface area contributed by atoms with Crippen LogP contribution in [-0.4, -0.2) is 36.6 Å². The monoisotopic (exact) mass is 474 g/mol. The van der Waals surface area contributed by atoms with E-state index in [0.717, 1.165) is 40.8 Å². The largest absolute Gasteiger partial charge is 0.493 e. The normalized spacial score (nSPS) is 17.9. The average Bonchev–Trinajstić information content (AvgIpc) is 3.18. The van der Waals surface area contributed by atoms with Crippen molar-refractivity contribution in [3.05, 3.63) is 54.8 Å². The number of carbonyl (C=O) groups excluding carboxylic acids is 1. The molecule has 2 aromatic rings. The van der Waals surface area contributed by atoms with Gasteiger partial charge in [0.2, 0.25) is 6.04 Å². The molecule has 0 bridgehead atoms. The Morgan fingerprint density at radius 1 is 1.18 bits per heavy atom. The molecular formula is C25H34N2O5S. The number of amides is 1. The summed E-state index contributed by atoms with van der Waals surface area (Å²) in [5.74, 6) is 0.428. The van der Waals surface area contributed by atoms with Crippen LogP contribution in [0.25, 0.3) is 0 Å². The van der Waals surface area contributed by atoms with Crippen LogP contribution in [0.3, 0.4) is 0 Å². The van der Waals surface area contributed by atoms with Gasteiger partial charge in [0.15, 0.2) is 11.5 Å². The molecular weight excluding hydrogens is 440 g/mol. The molecule has 2 atom stereocenters. The molecule has 0 unspecified atom stereocenters. The minimum Gasteiger partial charge on any atom is -0.493 e. The summed E-state index contributed by atoms with van der Waals surface area (Å²) < 4.78 is 11.0. The van der Waals surface area contributed by atoms with Crippen LogP contribution in [0.1, 0.15) is 84.1 Å². The quantitative estimate of drug-likeness (QED) is 0.411. The van der Waals surface area contributed by atoms with E-state index in [9.17, 15) is 14.9 Å². The van der Waals surface area contributed by atoms with Gasteiger partial charge in [0, 0.05) is 21.8 Å². The van der Waals surface area contributed by atoms with E-state index in [1.807, 2.05) is 39.0 Å². The molecule has 1 amide bonds. The Morgan fingerprint density at radius 2 is 1.85 bits per heavy atom. The van der Waals surface area contributed by atoms with Crippen LogP contribution < -0.4 is 14.8 Å². The van der Waals surface area contributed by atoms with Crippen LogP contribution >= 0.6 is 11.3 Å². The number of ether oxygens (including phenoxy) is 2.